The minimum absolute atomic E-state index is 0.125. The van der Waals surface area contributed by atoms with Crippen molar-refractivity contribution in [2.75, 3.05) is 20.8 Å². The Labute approximate surface area is 118 Å². The maximum Gasteiger partial charge on any atom is 0.240 e. The van der Waals surface area contributed by atoms with E-state index in [2.05, 4.69) is 10.0 Å². The topological polar surface area (TPSA) is 111 Å². The molecule has 20 heavy (non-hydrogen) atoms. The van der Waals surface area contributed by atoms with Crippen molar-refractivity contribution in [2.45, 2.75) is 17.5 Å². The number of hydrogen-bond acceptors (Lipinski definition) is 5. The highest BCUT2D eigenvalue weighted by atomic mass is 32.2. The first-order chi connectivity index (χ1) is 9.40. The highest BCUT2D eigenvalue weighted by Gasteiger charge is 2.14. The van der Waals surface area contributed by atoms with Gasteiger partial charge in [-0.1, -0.05) is 12.1 Å². The number of carbonyl (C=O) groups is 1. The van der Waals surface area contributed by atoms with Crippen molar-refractivity contribution in [3.63, 3.8) is 0 Å². The summed E-state index contributed by atoms with van der Waals surface area (Å²) in [6, 6.07) is 5.56. The van der Waals surface area contributed by atoms with Crippen LogP contribution < -0.4 is 15.8 Å². The van der Waals surface area contributed by atoms with Crippen molar-refractivity contribution in [2.24, 2.45) is 5.73 Å². The van der Waals surface area contributed by atoms with Crippen LogP contribution in [-0.2, 0) is 26.1 Å². The van der Waals surface area contributed by atoms with Crippen LogP contribution in [0.15, 0.2) is 29.2 Å². The Morgan fingerprint density at radius 3 is 2.75 bits per heavy atom. The average Bonchev–Trinajstić information content (AvgIpc) is 2.45. The lowest BCUT2D eigenvalue weighted by Gasteiger charge is -2.11. The summed E-state index contributed by atoms with van der Waals surface area (Å²) in [5, 5.41) is 2.62. The highest BCUT2D eigenvalue weighted by molar-refractivity contribution is 7.89. The SMILES string of the molecule is CNS(=O)(=O)c1cccc(CNC(=O)C(N)COC)c1. The number of ether oxygens (including phenoxy) is 1. The Bertz CT molecular complexity index is 560. The summed E-state index contributed by atoms with van der Waals surface area (Å²) in [5.74, 6) is -0.353. The molecule has 0 bridgehead atoms. The van der Waals surface area contributed by atoms with Gasteiger partial charge in [0.25, 0.3) is 0 Å². The van der Waals surface area contributed by atoms with Gasteiger partial charge in [-0.2, -0.15) is 0 Å². The van der Waals surface area contributed by atoms with Crippen molar-refractivity contribution < 1.29 is 17.9 Å². The summed E-state index contributed by atoms with van der Waals surface area (Å²) < 4.78 is 30.3. The molecule has 0 saturated heterocycles. The number of carbonyl (C=O) groups excluding carboxylic acids is 1. The molecule has 0 aliphatic rings. The summed E-state index contributed by atoms with van der Waals surface area (Å²) in [6.07, 6.45) is 0. The lowest BCUT2D eigenvalue weighted by Crippen LogP contribution is -2.43. The molecular weight excluding hydrogens is 282 g/mol. The van der Waals surface area contributed by atoms with Gasteiger partial charge in [-0.05, 0) is 24.7 Å². The average molecular weight is 301 g/mol. The third-order valence-corrected chi connectivity index (χ3v) is 4.04. The Balaban J connectivity index is 2.71. The van der Waals surface area contributed by atoms with E-state index in [0.717, 1.165) is 0 Å². The molecule has 1 amide bonds. The van der Waals surface area contributed by atoms with E-state index < -0.39 is 16.1 Å². The van der Waals surface area contributed by atoms with Crippen molar-refractivity contribution in [3.05, 3.63) is 29.8 Å². The van der Waals surface area contributed by atoms with Gasteiger partial charge >= 0.3 is 0 Å². The van der Waals surface area contributed by atoms with Gasteiger partial charge in [0, 0.05) is 13.7 Å². The summed E-state index contributed by atoms with van der Waals surface area (Å²) >= 11 is 0. The summed E-state index contributed by atoms with van der Waals surface area (Å²) in [5.41, 5.74) is 6.24. The second-order valence-corrected chi connectivity index (χ2v) is 6.02. The van der Waals surface area contributed by atoms with Gasteiger partial charge < -0.3 is 15.8 Å². The summed E-state index contributed by atoms with van der Waals surface area (Å²) in [6.45, 7) is 0.323. The molecule has 1 aromatic rings. The van der Waals surface area contributed by atoms with E-state index in [1.807, 2.05) is 0 Å². The number of nitrogens with two attached hydrogens (primary N) is 1. The Morgan fingerprint density at radius 1 is 1.45 bits per heavy atom. The molecule has 1 unspecified atom stereocenters. The van der Waals surface area contributed by atoms with Crippen LogP contribution in [0.25, 0.3) is 0 Å². The fourth-order valence-corrected chi connectivity index (χ4v) is 2.32. The van der Waals surface area contributed by atoms with Crippen LogP contribution in [-0.4, -0.2) is 41.1 Å². The lowest BCUT2D eigenvalue weighted by molar-refractivity contribution is -0.123. The quantitative estimate of drug-likeness (QED) is 0.610. The Hall–Kier alpha value is -1.48. The van der Waals surface area contributed by atoms with Crippen LogP contribution in [0.1, 0.15) is 5.56 Å². The molecule has 8 heteroatoms. The second kappa shape index (κ2) is 7.34. The molecule has 0 heterocycles. The van der Waals surface area contributed by atoms with Crippen LogP contribution in [0.2, 0.25) is 0 Å². The molecule has 4 N–H and O–H groups in total. The number of hydrogen-bond donors (Lipinski definition) is 3. The maximum atomic E-state index is 11.6. The van der Waals surface area contributed by atoms with Crippen LogP contribution in [0.5, 0.6) is 0 Å². The zero-order valence-corrected chi connectivity index (χ0v) is 12.2. The number of benzene rings is 1. The fourth-order valence-electron chi connectivity index (χ4n) is 1.52. The predicted molar refractivity (Wildman–Crippen MR) is 74.4 cm³/mol. The fraction of sp³-hybridized carbons (Fsp3) is 0.417. The molecule has 0 aliphatic carbocycles. The molecule has 1 aromatic carbocycles. The lowest BCUT2D eigenvalue weighted by atomic mass is 10.2. The molecule has 0 radical (unpaired) electrons. The van der Waals surface area contributed by atoms with Crippen molar-refractivity contribution in [1.82, 2.24) is 10.0 Å². The minimum atomic E-state index is -3.49. The van der Waals surface area contributed by atoms with Gasteiger partial charge in [0.1, 0.15) is 6.04 Å². The third kappa shape index (κ3) is 4.57. The zero-order valence-electron chi connectivity index (χ0n) is 11.4. The number of rotatable bonds is 7. The monoisotopic (exact) mass is 301 g/mol. The summed E-state index contributed by atoms with van der Waals surface area (Å²) in [4.78, 5) is 11.7. The smallest absolute Gasteiger partial charge is 0.240 e. The van der Waals surface area contributed by atoms with Gasteiger partial charge in [-0.3, -0.25) is 4.79 Å². The second-order valence-electron chi connectivity index (χ2n) is 4.13. The molecule has 1 rings (SSSR count). The van der Waals surface area contributed by atoms with E-state index in [-0.39, 0.29) is 24.0 Å². The van der Waals surface area contributed by atoms with Crippen LogP contribution in [0.3, 0.4) is 0 Å². The van der Waals surface area contributed by atoms with E-state index >= 15 is 0 Å². The molecule has 1 atom stereocenters. The first-order valence-corrected chi connectivity index (χ1v) is 7.43. The van der Waals surface area contributed by atoms with Crippen LogP contribution in [0.4, 0.5) is 0 Å². The maximum absolute atomic E-state index is 11.6. The van der Waals surface area contributed by atoms with E-state index in [9.17, 15) is 13.2 Å². The van der Waals surface area contributed by atoms with Gasteiger partial charge in [0.05, 0.1) is 11.5 Å². The van der Waals surface area contributed by atoms with E-state index in [1.165, 1.54) is 26.3 Å². The van der Waals surface area contributed by atoms with Gasteiger partial charge in [0.2, 0.25) is 15.9 Å². The number of methoxy groups -OCH3 is 1. The van der Waals surface area contributed by atoms with Crippen molar-refractivity contribution >= 4 is 15.9 Å². The largest absolute Gasteiger partial charge is 0.383 e. The third-order valence-electron chi connectivity index (χ3n) is 2.63. The first kappa shape index (κ1) is 16.6. The molecular formula is C12H19N3O4S. The number of amides is 1. The molecule has 7 nitrogen and oxygen atoms in total. The van der Waals surface area contributed by atoms with E-state index in [1.54, 1.807) is 12.1 Å². The van der Waals surface area contributed by atoms with E-state index in [0.29, 0.717) is 5.56 Å². The molecule has 0 aliphatic heterocycles. The molecule has 0 spiro atoms. The highest BCUT2D eigenvalue weighted by Crippen LogP contribution is 2.10. The van der Waals surface area contributed by atoms with Gasteiger partial charge in [-0.25, -0.2) is 13.1 Å². The molecule has 112 valence electrons. The van der Waals surface area contributed by atoms with Crippen LogP contribution >= 0.6 is 0 Å². The van der Waals surface area contributed by atoms with Crippen molar-refractivity contribution in [1.29, 1.82) is 0 Å². The number of sulfonamides is 1. The summed E-state index contributed by atoms with van der Waals surface area (Å²) in [7, 11) is -0.693. The van der Waals surface area contributed by atoms with Gasteiger partial charge in [-0.15, -0.1) is 0 Å². The first-order valence-electron chi connectivity index (χ1n) is 5.95. The normalized spacial score (nSPS) is 12.9. The minimum Gasteiger partial charge on any atom is -0.383 e. The molecule has 0 saturated carbocycles. The van der Waals surface area contributed by atoms with Gasteiger partial charge in [0.15, 0.2) is 0 Å². The van der Waals surface area contributed by atoms with Crippen molar-refractivity contribution in [3.8, 4) is 0 Å². The molecule has 0 aromatic heterocycles. The van der Waals surface area contributed by atoms with E-state index in [4.69, 9.17) is 10.5 Å². The Kier molecular flexibility index (Phi) is 6.08. The molecule has 0 fully saturated rings. The zero-order chi connectivity index (χ0) is 15.2. The number of nitrogens with one attached hydrogen (secondary N) is 2. The Morgan fingerprint density at radius 2 is 2.15 bits per heavy atom. The standard InChI is InChI=1S/C12H19N3O4S/c1-14-20(17,18)10-5-3-4-9(6-10)7-15-12(16)11(13)8-19-2/h3-6,11,14H,7-8,13H2,1-2H3,(H,15,16). The van der Waals surface area contributed by atoms with Crippen LogP contribution in [0, 0.1) is 0 Å². The predicted octanol–water partition coefficient (Wildman–Crippen LogP) is -0.815.